The summed E-state index contributed by atoms with van der Waals surface area (Å²) in [7, 11) is 1.37. The van der Waals surface area contributed by atoms with Crippen LogP contribution in [-0.4, -0.2) is 53.7 Å². The van der Waals surface area contributed by atoms with Crippen LogP contribution in [0.4, 0.5) is 4.79 Å². The number of rotatable bonds is 5. The number of cyclic esters (lactones) is 1. The number of aromatic nitrogens is 2. The van der Waals surface area contributed by atoms with Crippen LogP contribution in [0.1, 0.15) is 26.6 Å². The minimum atomic E-state index is -0.351. The quantitative estimate of drug-likeness (QED) is 0.839. The highest BCUT2D eigenvalue weighted by molar-refractivity contribution is 7.09. The fraction of sp³-hybridized carbons (Fsp3) is 0.438. The van der Waals surface area contributed by atoms with Gasteiger partial charge in [-0.3, -0.25) is 0 Å². The van der Waals surface area contributed by atoms with Gasteiger partial charge in [0, 0.05) is 24.0 Å². The van der Waals surface area contributed by atoms with Crippen LogP contribution in [0, 0.1) is 13.8 Å². The number of carbonyl (C=O) groups excluding carboxylic acids is 2. The number of aromatic amines is 1. The third kappa shape index (κ3) is 3.01. The minimum absolute atomic E-state index is 0.259. The third-order valence-corrected chi connectivity index (χ3v) is 4.98. The van der Waals surface area contributed by atoms with Crippen molar-refractivity contribution in [1.29, 1.82) is 0 Å². The summed E-state index contributed by atoms with van der Waals surface area (Å²) in [5.41, 5.74) is 3.79. The molecule has 3 rings (SSSR count). The van der Waals surface area contributed by atoms with Crippen LogP contribution in [0.5, 0.6) is 0 Å². The van der Waals surface area contributed by atoms with Crippen LogP contribution in [0.15, 0.2) is 5.38 Å². The second kappa shape index (κ2) is 6.64. The van der Waals surface area contributed by atoms with Gasteiger partial charge in [0.05, 0.1) is 35.6 Å². The third-order valence-electron chi connectivity index (χ3n) is 4.08. The largest absolute Gasteiger partial charge is 0.465 e. The number of hydrogen-bond acceptors (Lipinski definition) is 6. The molecule has 7 nitrogen and oxygen atoms in total. The molecule has 24 heavy (non-hydrogen) atoms. The van der Waals surface area contributed by atoms with Gasteiger partial charge in [-0.1, -0.05) is 0 Å². The van der Waals surface area contributed by atoms with E-state index in [4.69, 9.17) is 9.47 Å². The number of nitrogens with one attached hydrogen (secondary N) is 1. The first-order chi connectivity index (χ1) is 11.5. The molecule has 0 aromatic carbocycles. The number of amides is 1. The van der Waals surface area contributed by atoms with Crippen LogP contribution in [0.25, 0.3) is 11.4 Å². The molecule has 2 aromatic rings. The molecule has 1 saturated heterocycles. The van der Waals surface area contributed by atoms with Gasteiger partial charge in [0.1, 0.15) is 6.61 Å². The molecule has 1 aliphatic rings. The monoisotopic (exact) mass is 349 g/mol. The Kier molecular flexibility index (Phi) is 4.57. The number of nitrogens with zero attached hydrogens (tertiary/aromatic N) is 2. The second-order valence-electron chi connectivity index (χ2n) is 5.59. The average Bonchev–Trinajstić information content (AvgIpc) is 3.25. The fourth-order valence-corrected chi connectivity index (χ4v) is 3.59. The van der Waals surface area contributed by atoms with E-state index in [1.807, 2.05) is 19.2 Å². The average molecular weight is 349 g/mol. The maximum absolute atomic E-state index is 11.9. The van der Waals surface area contributed by atoms with Gasteiger partial charge < -0.3 is 19.4 Å². The van der Waals surface area contributed by atoms with E-state index in [2.05, 4.69) is 9.97 Å². The summed E-state index contributed by atoms with van der Waals surface area (Å²) in [5, 5.41) is 2.90. The lowest BCUT2D eigenvalue weighted by Crippen LogP contribution is -2.26. The Morgan fingerprint density at radius 1 is 1.50 bits per heavy atom. The summed E-state index contributed by atoms with van der Waals surface area (Å²) >= 11 is 1.54. The zero-order chi connectivity index (χ0) is 17.3. The normalized spacial score (nSPS) is 14.1. The lowest BCUT2D eigenvalue weighted by Gasteiger charge is -2.10. The zero-order valence-corrected chi connectivity index (χ0v) is 14.7. The van der Waals surface area contributed by atoms with E-state index in [9.17, 15) is 9.59 Å². The van der Waals surface area contributed by atoms with Gasteiger partial charge in [-0.05, 0) is 19.4 Å². The van der Waals surface area contributed by atoms with E-state index in [1.54, 1.807) is 16.2 Å². The van der Waals surface area contributed by atoms with Gasteiger partial charge in [-0.25, -0.2) is 14.6 Å². The van der Waals surface area contributed by atoms with Crippen molar-refractivity contribution in [2.24, 2.45) is 0 Å². The molecule has 128 valence electrons. The number of hydrogen-bond donors (Lipinski definition) is 1. The summed E-state index contributed by atoms with van der Waals surface area (Å²) in [6.07, 6.45) is 0.424. The number of ether oxygens (including phenoxy) is 2. The highest BCUT2D eigenvalue weighted by atomic mass is 32.1. The summed E-state index contributed by atoms with van der Waals surface area (Å²) < 4.78 is 9.75. The summed E-state index contributed by atoms with van der Waals surface area (Å²) in [4.78, 5) is 32.8. The predicted molar refractivity (Wildman–Crippen MR) is 89.3 cm³/mol. The minimum Gasteiger partial charge on any atom is -0.465 e. The molecule has 0 radical (unpaired) electrons. The molecule has 1 aliphatic heterocycles. The molecule has 8 heteroatoms. The molecule has 1 N–H and O–H groups in total. The first-order valence-corrected chi connectivity index (χ1v) is 8.53. The van der Waals surface area contributed by atoms with E-state index in [0.717, 1.165) is 27.7 Å². The van der Waals surface area contributed by atoms with Crippen molar-refractivity contribution >= 4 is 23.4 Å². The highest BCUT2D eigenvalue weighted by Gasteiger charge is 2.23. The zero-order valence-electron chi connectivity index (χ0n) is 13.8. The summed E-state index contributed by atoms with van der Waals surface area (Å²) in [6, 6.07) is 0. The number of esters is 1. The molecular weight excluding hydrogens is 330 g/mol. The number of carbonyl (C=O) groups is 2. The Morgan fingerprint density at radius 2 is 2.29 bits per heavy atom. The number of aryl methyl sites for hydroxylation is 1. The predicted octanol–water partition coefficient (Wildman–Crippen LogP) is 2.54. The van der Waals surface area contributed by atoms with Gasteiger partial charge >= 0.3 is 12.1 Å². The van der Waals surface area contributed by atoms with Crippen molar-refractivity contribution in [2.75, 3.05) is 26.8 Å². The van der Waals surface area contributed by atoms with Crippen molar-refractivity contribution in [1.82, 2.24) is 14.9 Å². The summed E-state index contributed by atoms with van der Waals surface area (Å²) in [5.74, 6) is -0.351. The number of H-pyrrole nitrogens is 1. The molecule has 1 fully saturated rings. The summed E-state index contributed by atoms with van der Waals surface area (Å²) in [6.45, 7) is 5.41. The van der Waals surface area contributed by atoms with Gasteiger partial charge in [-0.15, -0.1) is 11.3 Å². The maximum atomic E-state index is 11.9. The van der Waals surface area contributed by atoms with Crippen molar-refractivity contribution < 1.29 is 19.1 Å². The SMILES string of the molecule is COC(=O)c1c(C)[nH]c(-c2csc(CCN3CCOC3=O)n2)c1C. The molecule has 0 atom stereocenters. The molecule has 3 heterocycles. The Morgan fingerprint density at radius 3 is 2.96 bits per heavy atom. The van der Waals surface area contributed by atoms with Gasteiger partial charge in [-0.2, -0.15) is 0 Å². The van der Waals surface area contributed by atoms with E-state index in [0.29, 0.717) is 31.7 Å². The topological polar surface area (TPSA) is 84.5 Å². The van der Waals surface area contributed by atoms with Gasteiger partial charge in [0.25, 0.3) is 0 Å². The highest BCUT2D eigenvalue weighted by Crippen LogP contribution is 2.29. The lowest BCUT2D eigenvalue weighted by molar-refractivity contribution is 0.0599. The lowest BCUT2D eigenvalue weighted by atomic mass is 10.1. The first kappa shape index (κ1) is 16.5. The Balaban J connectivity index is 1.76. The van der Waals surface area contributed by atoms with Crippen LogP contribution < -0.4 is 0 Å². The Labute approximate surface area is 143 Å². The molecule has 0 aliphatic carbocycles. The first-order valence-electron chi connectivity index (χ1n) is 7.65. The van der Waals surface area contributed by atoms with Crippen LogP contribution in [0.3, 0.4) is 0 Å². The molecule has 0 spiro atoms. The molecule has 1 amide bonds. The smallest absolute Gasteiger partial charge is 0.409 e. The van der Waals surface area contributed by atoms with Crippen molar-refractivity contribution in [3.05, 3.63) is 27.2 Å². The maximum Gasteiger partial charge on any atom is 0.409 e. The molecule has 2 aromatic heterocycles. The molecule has 0 bridgehead atoms. The van der Waals surface area contributed by atoms with Crippen LogP contribution in [-0.2, 0) is 15.9 Å². The molecule has 0 saturated carbocycles. The molecule has 0 unspecified atom stereocenters. The van der Waals surface area contributed by atoms with Crippen molar-refractivity contribution in [3.63, 3.8) is 0 Å². The second-order valence-corrected chi connectivity index (χ2v) is 6.54. The van der Waals surface area contributed by atoms with E-state index in [-0.39, 0.29) is 12.1 Å². The molecular formula is C16H19N3O4S. The Hall–Kier alpha value is -2.35. The Bertz CT molecular complexity index is 780. The van der Waals surface area contributed by atoms with Crippen molar-refractivity contribution in [3.8, 4) is 11.4 Å². The van der Waals surface area contributed by atoms with E-state index in [1.165, 1.54) is 7.11 Å². The number of methoxy groups -OCH3 is 1. The van der Waals surface area contributed by atoms with Gasteiger partial charge in [0.15, 0.2) is 0 Å². The van der Waals surface area contributed by atoms with E-state index < -0.39 is 0 Å². The standard InChI is InChI=1S/C16H19N3O4S/c1-9-13(15(20)22-3)10(2)17-14(9)11-8-24-12(18-11)4-5-19-6-7-23-16(19)21/h8,17H,4-7H2,1-3H3. The fourth-order valence-electron chi connectivity index (χ4n) is 2.81. The van der Waals surface area contributed by atoms with E-state index >= 15 is 0 Å². The van der Waals surface area contributed by atoms with Crippen molar-refractivity contribution in [2.45, 2.75) is 20.3 Å². The van der Waals surface area contributed by atoms with Crippen LogP contribution in [0.2, 0.25) is 0 Å². The number of thiazole rings is 1. The van der Waals surface area contributed by atoms with Crippen LogP contribution >= 0.6 is 11.3 Å². The van der Waals surface area contributed by atoms with Gasteiger partial charge in [0.2, 0.25) is 0 Å².